The van der Waals surface area contributed by atoms with Gasteiger partial charge in [-0.25, -0.2) is 0 Å². The van der Waals surface area contributed by atoms with Crippen LogP contribution in [0.4, 0.5) is 0 Å². The summed E-state index contributed by atoms with van der Waals surface area (Å²) in [6.45, 7) is 21.2. The van der Waals surface area contributed by atoms with Gasteiger partial charge in [-0.2, -0.15) is 0 Å². The van der Waals surface area contributed by atoms with Gasteiger partial charge in [-0.1, -0.05) is 105 Å². The average molecular weight is 443 g/mol. The van der Waals surface area contributed by atoms with Crippen molar-refractivity contribution in [1.82, 2.24) is 0 Å². The van der Waals surface area contributed by atoms with Gasteiger partial charge in [-0.05, 0) is 49.0 Å². The molecule has 0 aromatic heterocycles. The average Bonchev–Trinajstić information content (AvgIpc) is 2.81. The number of hydrogen-bond donors (Lipinski definition) is 1. The van der Waals surface area contributed by atoms with E-state index in [1.54, 1.807) is 18.0 Å². The fourth-order valence-corrected chi connectivity index (χ4v) is 3.83. The van der Waals surface area contributed by atoms with E-state index in [9.17, 15) is 0 Å². The molecule has 2 aliphatic rings. The zero-order chi connectivity index (χ0) is 23.7. The first-order valence-corrected chi connectivity index (χ1v) is 11.6. The van der Waals surface area contributed by atoms with Crippen molar-refractivity contribution in [3.8, 4) is 0 Å². The van der Waals surface area contributed by atoms with Gasteiger partial charge in [0.25, 0.3) is 0 Å². The fourth-order valence-electron chi connectivity index (χ4n) is 3.09. The molecular weight excluding hydrogens is 408 g/mol. The van der Waals surface area contributed by atoms with Crippen LogP contribution in [0.5, 0.6) is 0 Å². The van der Waals surface area contributed by atoms with Crippen molar-refractivity contribution in [1.29, 1.82) is 0 Å². The van der Waals surface area contributed by atoms with Gasteiger partial charge >= 0.3 is 0 Å². The summed E-state index contributed by atoms with van der Waals surface area (Å²) in [6, 6.07) is -0.00230. The van der Waals surface area contributed by atoms with Crippen LogP contribution >= 0.6 is 11.8 Å². The first-order chi connectivity index (χ1) is 15.2. The maximum atomic E-state index is 5.73. The van der Waals surface area contributed by atoms with Crippen molar-refractivity contribution >= 4 is 17.5 Å². The fraction of sp³-hybridized carbons (Fsp3) is 0.207. The smallest absolute Gasteiger partial charge is 0.0726 e. The molecule has 0 aromatic carbocycles. The van der Waals surface area contributed by atoms with Gasteiger partial charge in [0.05, 0.1) is 11.8 Å². The van der Waals surface area contributed by atoms with Crippen LogP contribution in [-0.2, 0) is 0 Å². The van der Waals surface area contributed by atoms with Crippen molar-refractivity contribution < 1.29 is 0 Å². The van der Waals surface area contributed by atoms with Crippen LogP contribution in [0, 0.1) is 5.92 Å². The summed E-state index contributed by atoms with van der Waals surface area (Å²) in [5.41, 5.74) is 11.4. The van der Waals surface area contributed by atoms with Crippen molar-refractivity contribution in [2.75, 3.05) is 0 Å². The lowest BCUT2D eigenvalue weighted by Crippen LogP contribution is -2.10. The normalized spacial score (nSPS) is 33.2. The van der Waals surface area contributed by atoms with Crippen LogP contribution in [0.25, 0.3) is 0 Å². The SMILES string of the molecule is C=C1/C=C\C=C/C(C)/C=C\C(C)\N=C1/C1=C(C(=C)S/C(C)=C/N)/C=C\C=C(/C)C(=C)/C=C\1. The molecule has 0 fully saturated rings. The first-order valence-electron chi connectivity index (χ1n) is 10.8. The van der Waals surface area contributed by atoms with Crippen molar-refractivity contribution in [2.45, 2.75) is 33.7 Å². The highest BCUT2D eigenvalue weighted by Crippen LogP contribution is 2.34. The van der Waals surface area contributed by atoms with E-state index in [2.05, 4.69) is 83.0 Å². The maximum absolute atomic E-state index is 5.73. The molecule has 1 aliphatic carbocycles. The van der Waals surface area contributed by atoms with E-state index in [1.165, 1.54) is 0 Å². The molecule has 0 amide bonds. The molecule has 166 valence electrons. The summed E-state index contributed by atoms with van der Waals surface area (Å²) >= 11 is 1.55. The third-order valence-electron chi connectivity index (χ3n) is 5.08. The number of aliphatic imine (C=N–C) groups is 1. The molecule has 1 heterocycles. The molecule has 32 heavy (non-hydrogen) atoms. The molecule has 3 heteroatoms. The minimum absolute atomic E-state index is 0.00230. The second-order valence-electron chi connectivity index (χ2n) is 7.93. The number of allylic oxidation sites excluding steroid dienone is 16. The minimum Gasteiger partial charge on any atom is -0.404 e. The van der Waals surface area contributed by atoms with Gasteiger partial charge in [0.1, 0.15) is 0 Å². The lowest BCUT2D eigenvalue weighted by molar-refractivity contribution is 0.881. The van der Waals surface area contributed by atoms with Gasteiger partial charge < -0.3 is 5.73 Å². The lowest BCUT2D eigenvalue weighted by atomic mass is 9.95. The predicted octanol–water partition coefficient (Wildman–Crippen LogP) is 7.68. The van der Waals surface area contributed by atoms with E-state index in [0.29, 0.717) is 5.92 Å². The number of thioether (sulfide) groups is 1. The van der Waals surface area contributed by atoms with Gasteiger partial charge in [0.15, 0.2) is 0 Å². The summed E-state index contributed by atoms with van der Waals surface area (Å²) in [5, 5.41) is 0. The van der Waals surface area contributed by atoms with Crippen LogP contribution in [-0.4, -0.2) is 11.8 Å². The van der Waals surface area contributed by atoms with Crippen molar-refractivity contribution in [3.63, 3.8) is 0 Å². The molecule has 2 unspecified atom stereocenters. The lowest BCUT2D eigenvalue weighted by Gasteiger charge is -2.17. The van der Waals surface area contributed by atoms with Gasteiger partial charge in [-0.3, -0.25) is 4.99 Å². The minimum atomic E-state index is -0.00230. The molecule has 2 rings (SSSR count). The van der Waals surface area contributed by atoms with E-state index in [-0.39, 0.29) is 6.04 Å². The molecule has 1 aliphatic heterocycles. The Bertz CT molecular complexity index is 1050. The Morgan fingerprint density at radius 3 is 2.47 bits per heavy atom. The summed E-state index contributed by atoms with van der Waals surface area (Å²) in [7, 11) is 0. The van der Waals surface area contributed by atoms with Gasteiger partial charge in [-0.15, -0.1) is 0 Å². The molecular formula is C29H34N2S. The predicted molar refractivity (Wildman–Crippen MR) is 145 cm³/mol. The Hall–Kier alpha value is -3.04. The van der Waals surface area contributed by atoms with E-state index in [1.807, 2.05) is 31.2 Å². The second kappa shape index (κ2) is 12.1. The zero-order valence-electron chi connectivity index (χ0n) is 19.6. The van der Waals surface area contributed by atoms with E-state index in [4.69, 9.17) is 10.7 Å². The van der Waals surface area contributed by atoms with Crippen LogP contribution < -0.4 is 5.73 Å². The largest absolute Gasteiger partial charge is 0.404 e. The summed E-state index contributed by atoms with van der Waals surface area (Å²) in [4.78, 5) is 6.94. The Balaban J connectivity index is 2.76. The Morgan fingerprint density at radius 2 is 1.75 bits per heavy atom. The molecule has 0 saturated heterocycles. The number of nitrogens with zero attached hydrogens (tertiary/aromatic N) is 1. The van der Waals surface area contributed by atoms with Gasteiger partial charge in [0, 0.05) is 21.6 Å². The second-order valence-corrected chi connectivity index (χ2v) is 9.27. The first kappa shape index (κ1) is 25.2. The monoisotopic (exact) mass is 442 g/mol. The standard InChI is InChI=1S/C29H34N2S/c1-20-11-8-9-12-23(4)29(31-24(5)17-15-20)28-18-16-22(3)21(2)13-10-14-27(28)26(7)32-25(6)19-30/h8-20,24H,3-4,7,30H2,1-2,5-6H3/b11-8-,12-9-,14-10-,17-15-,18-16-,21-13+,25-19+,28-27-,31-29-. The van der Waals surface area contributed by atoms with Crippen LogP contribution in [0.15, 0.2) is 135 Å². The summed E-state index contributed by atoms with van der Waals surface area (Å²) in [5.74, 6) is 0.342. The Labute approximate surface area is 198 Å². The number of rotatable bonds is 4. The number of hydrogen-bond acceptors (Lipinski definition) is 3. The molecule has 2 atom stereocenters. The molecule has 0 spiro atoms. The summed E-state index contributed by atoms with van der Waals surface area (Å²) < 4.78 is 0. The molecule has 2 N–H and O–H groups in total. The van der Waals surface area contributed by atoms with Crippen LogP contribution in [0.1, 0.15) is 27.7 Å². The van der Waals surface area contributed by atoms with E-state index in [0.717, 1.165) is 43.4 Å². The van der Waals surface area contributed by atoms with Crippen LogP contribution in [0.3, 0.4) is 0 Å². The zero-order valence-corrected chi connectivity index (χ0v) is 20.5. The number of nitrogens with two attached hydrogens (primary N) is 1. The third-order valence-corrected chi connectivity index (χ3v) is 6.01. The highest BCUT2D eigenvalue weighted by molar-refractivity contribution is 8.06. The van der Waals surface area contributed by atoms with Crippen molar-refractivity contribution in [3.05, 3.63) is 130 Å². The molecule has 0 aromatic rings. The molecule has 2 nitrogen and oxygen atoms in total. The highest BCUT2D eigenvalue weighted by atomic mass is 32.2. The molecule has 0 saturated carbocycles. The highest BCUT2D eigenvalue weighted by Gasteiger charge is 2.16. The van der Waals surface area contributed by atoms with E-state index >= 15 is 0 Å². The van der Waals surface area contributed by atoms with Crippen LogP contribution in [0.2, 0.25) is 0 Å². The third kappa shape index (κ3) is 7.28. The topological polar surface area (TPSA) is 38.4 Å². The summed E-state index contributed by atoms with van der Waals surface area (Å²) in [6.07, 6.45) is 24.4. The van der Waals surface area contributed by atoms with Crippen molar-refractivity contribution in [2.24, 2.45) is 16.6 Å². The molecule has 0 bridgehead atoms. The Kier molecular flexibility index (Phi) is 9.55. The maximum Gasteiger partial charge on any atom is 0.0726 e. The Morgan fingerprint density at radius 1 is 1.00 bits per heavy atom. The molecule has 0 radical (unpaired) electrons. The van der Waals surface area contributed by atoms with Gasteiger partial charge in [0.2, 0.25) is 0 Å². The quantitative estimate of drug-likeness (QED) is 0.453. The van der Waals surface area contributed by atoms with E-state index < -0.39 is 0 Å².